The van der Waals surface area contributed by atoms with Gasteiger partial charge in [-0.1, -0.05) is 6.07 Å². The number of hydrogen-bond donors (Lipinski definition) is 1. The number of aromatic nitrogens is 5. The van der Waals surface area contributed by atoms with Gasteiger partial charge in [-0.25, -0.2) is 0 Å². The maximum absolute atomic E-state index is 12.2. The first kappa shape index (κ1) is 17.3. The molecule has 27 heavy (non-hydrogen) atoms. The van der Waals surface area contributed by atoms with E-state index in [1.807, 2.05) is 35.3 Å². The predicted octanol–water partition coefficient (Wildman–Crippen LogP) is 2.58. The summed E-state index contributed by atoms with van der Waals surface area (Å²) in [5.41, 5.74) is 2.62. The minimum atomic E-state index is 0.0428. The molecular formula is C20H22N6O. The van der Waals surface area contributed by atoms with Gasteiger partial charge in [-0.2, -0.15) is 5.10 Å². The van der Waals surface area contributed by atoms with Gasteiger partial charge in [0.25, 0.3) is 0 Å². The Kier molecular flexibility index (Phi) is 5.18. The summed E-state index contributed by atoms with van der Waals surface area (Å²) < 4.78 is 2.02. The van der Waals surface area contributed by atoms with Crippen molar-refractivity contribution in [2.45, 2.75) is 44.2 Å². The van der Waals surface area contributed by atoms with Crippen molar-refractivity contribution in [2.75, 3.05) is 0 Å². The van der Waals surface area contributed by atoms with E-state index in [9.17, 15) is 4.79 Å². The molecule has 7 heteroatoms. The molecule has 4 rings (SSSR count). The monoisotopic (exact) mass is 362 g/mol. The Morgan fingerprint density at radius 1 is 1.07 bits per heavy atom. The van der Waals surface area contributed by atoms with Crippen molar-refractivity contribution in [1.82, 2.24) is 30.0 Å². The van der Waals surface area contributed by atoms with Gasteiger partial charge >= 0.3 is 0 Å². The number of nitrogens with one attached hydrogen (secondary N) is 1. The maximum Gasteiger partial charge on any atom is 0.226 e. The van der Waals surface area contributed by atoms with E-state index >= 15 is 0 Å². The van der Waals surface area contributed by atoms with Crippen LogP contribution in [0.15, 0.2) is 55.4 Å². The molecule has 0 aliphatic heterocycles. The van der Waals surface area contributed by atoms with Crippen molar-refractivity contribution in [2.24, 2.45) is 0 Å². The summed E-state index contributed by atoms with van der Waals surface area (Å²) >= 11 is 0. The Hall–Kier alpha value is -3.09. The minimum absolute atomic E-state index is 0.0428. The van der Waals surface area contributed by atoms with Crippen LogP contribution in [0.1, 0.15) is 37.4 Å². The summed E-state index contributed by atoms with van der Waals surface area (Å²) in [6, 6.07) is 6.23. The van der Waals surface area contributed by atoms with Crippen LogP contribution in [-0.4, -0.2) is 36.7 Å². The number of nitrogens with zero attached hydrogens (tertiary/aromatic N) is 5. The number of pyridine rings is 1. The van der Waals surface area contributed by atoms with Crippen molar-refractivity contribution in [3.63, 3.8) is 0 Å². The molecule has 0 aromatic carbocycles. The molecule has 0 spiro atoms. The van der Waals surface area contributed by atoms with Crippen LogP contribution in [0, 0.1) is 0 Å². The first-order valence-corrected chi connectivity index (χ1v) is 9.28. The van der Waals surface area contributed by atoms with Gasteiger partial charge in [-0.15, -0.1) is 0 Å². The highest BCUT2D eigenvalue weighted by Gasteiger charge is 2.24. The molecule has 1 amide bonds. The van der Waals surface area contributed by atoms with E-state index in [4.69, 9.17) is 0 Å². The molecular weight excluding hydrogens is 340 g/mol. The van der Waals surface area contributed by atoms with Gasteiger partial charge in [0, 0.05) is 42.1 Å². The normalized spacial score (nSPS) is 19.6. The second kappa shape index (κ2) is 8.07. The molecule has 1 fully saturated rings. The summed E-state index contributed by atoms with van der Waals surface area (Å²) in [6.45, 7) is 0. The molecule has 3 heterocycles. The summed E-state index contributed by atoms with van der Waals surface area (Å²) in [5, 5.41) is 7.65. The maximum atomic E-state index is 12.2. The Morgan fingerprint density at radius 3 is 2.70 bits per heavy atom. The zero-order chi connectivity index (χ0) is 18.5. The van der Waals surface area contributed by atoms with E-state index in [-0.39, 0.29) is 11.9 Å². The number of carbonyl (C=O) groups is 1. The van der Waals surface area contributed by atoms with Gasteiger partial charge in [0.2, 0.25) is 5.91 Å². The standard InChI is InChI=1S/C20H22N6O/c27-20(11-17-3-1-2-8-22-17)25-16-4-6-18(7-5-16)26-14-15(12-24-26)19-13-21-9-10-23-19/h1-3,8-10,12-14,16,18H,4-7,11H2,(H,25,27). The quantitative estimate of drug-likeness (QED) is 0.754. The van der Waals surface area contributed by atoms with Crippen LogP contribution >= 0.6 is 0 Å². The van der Waals surface area contributed by atoms with Gasteiger partial charge in [-0.3, -0.25) is 24.4 Å². The highest BCUT2D eigenvalue weighted by Crippen LogP contribution is 2.29. The fraction of sp³-hybridized carbons (Fsp3) is 0.350. The fourth-order valence-corrected chi connectivity index (χ4v) is 3.55. The van der Waals surface area contributed by atoms with Crippen LogP contribution in [0.3, 0.4) is 0 Å². The molecule has 1 N–H and O–H groups in total. The molecule has 0 radical (unpaired) electrons. The van der Waals surface area contributed by atoms with Gasteiger partial charge in [0.1, 0.15) is 0 Å². The van der Waals surface area contributed by atoms with Crippen LogP contribution in [0.5, 0.6) is 0 Å². The van der Waals surface area contributed by atoms with Crippen molar-refractivity contribution in [1.29, 1.82) is 0 Å². The molecule has 138 valence electrons. The number of amides is 1. The first-order valence-electron chi connectivity index (χ1n) is 9.28. The number of rotatable bonds is 5. The van der Waals surface area contributed by atoms with Crippen LogP contribution < -0.4 is 5.32 Å². The zero-order valence-electron chi connectivity index (χ0n) is 15.0. The van der Waals surface area contributed by atoms with Crippen molar-refractivity contribution < 1.29 is 4.79 Å². The van der Waals surface area contributed by atoms with Gasteiger partial charge < -0.3 is 5.32 Å². The van der Waals surface area contributed by atoms with Crippen LogP contribution in [0.4, 0.5) is 0 Å². The molecule has 3 aromatic rings. The van der Waals surface area contributed by atoms with Gasteiger partial charge in [-0.05, 0) is 37.8 Å². The molecule has 1 saturated carbocycles. The van der Waals surface area contributed by atoms with Crippen molar-refractivity contribution >= 4 is 5.91 Å². The van der Waals surface area contributed by atoms with E-state index in [0.717, 1.165) is 42.6 Å². The second-order valence-corrected chi connectivity index (χ2v) is 6.87. The lowest BCUT2D eigenvalue weighted by molar-refractivity contribution is -0.121. The summed E-state index contributed by atoms with van der Waals surface area (Å²) in [4.78, 5) is 24.8. The number of hydrogen-bond acceptors (Lipinski definition) is 5. The molecule has 1 aliphatic rings. The largest absolute Gasteiger partial charge is 0.353 e. The van der Waals surface area contributed by atoms with E-state index in [1.165, 1.54) is 0 Å². The van der Waals surface area contributed by atoms with E-state index in [2.05, 4.69) is 25.4 Å². The average Bonchev–Trinajstić information content (AvgIpc) is 3.20. The third-order valence-electron chi connectivity index (χ3n) is 4.96. The second-order valence-electron chi connectivity index (χ2n) is 6.87. The first-order chi connectivity index (χ1) is 13.3. The highest BCUT2D eigenvalue weighted by atomic mass is 16.1. The Labute approximate surface area is 157 Å². The molecule has 0 unspecified atom stereocenters. The van der Waals surface area contributed by atoms with Gasteiger partial charge in [0.05, 0.1) is 30.6 Å². The van der Waals surface area contributed by atoms with Crippen LogP contribution in [0.2, 0.25) is 0 Å². The third-order valence-corrected chi connectivity index (χ3v) is 4.96. The third kappa shape index (κ3) is 4.36. The predicted molar refractivity (Wildman–Crippen MR) is 101 cm³/mol. The lowest BCUT2D eigenvalue weighted by Gasteiger charge is -2.29. The van der Waals surface area contributed by atoms with E-state index in [1.54, 1.807) is 24.8 Å². The molecule has 0 saturated heterocycles. The summed E-state index contributed by atoms with van der Waals surface area (Å²) in [7, 11) is 0. The van der Waals surface area contributed by atoms with Crippen molar-refractivity contribution in [3.05, 3.63) is 61.1 Å². The summed E-state index contributed by atoms with van der Waals surface area (Å²) in [6.07, 6.45) is 14.9. The average molecular weight is 362 g/mol. The molecule has 7 nitrogen and oxygen atoms in total. The minimum Gasteiger partial charge on any atom is -0.353 e. The number of carbonyl (C=O) groups excluding carboxylic acids is 1. The van der Waals surface area contributed by atoms with Crippen LogP contribution in [0.25, 0.3) is 11.3 Å². The Balaban J connectivity index is 1.29. The topological polar surface area (TPSA) is 85.6 Å². The lowest BCUT2D eigenvalue weighted by Crippen LogP contribution is -2.38. The van der Waals surface area contributed by atoms with Crippen LogP contribution in [-0.2, 0) is 11.2 Å². The molecule has 0 atom stereocenters. The van der Waals surface area contributed by atoms with E-state index in [0.29, 0.717) is 12.5 Å². The smallest absolute Gasteiger partial charge is 0.226 e. The molecule has 3 aromatic heterocycles. The Bertz CT molecular complexity index is 872. The SMILES string of the molecule is O=C(Cc1ccccn1)NC1CCC(n2cc(-c3cnccn3)cn2)CC1. The summed E-state index contributed by atoms with van der Waals surface area (Å²) in [5.74, 6) is 0.0428. The molecule has 0 bridgehead atoms. The van der Waals surface area contributed by atoms with Crippen molar-refractivity contribution in [3.8, 4) is 11.3 Å². The van der Waals surface area contributed by atoms with Gasteiger partial charge in [0.15, 0.2) is 0 Å². The highest BCUT2D eigenvalue weighted by molar-refractivity contribution is 5.78. The zero-order valence-corrected chi connectivity index (χ0v) is 15.0. The molecule has 1 aliphatic carbocycles. The lowest BCUT2D eigenvalue weighted by atomic mass is 9.91. The Morgan fingerprint density at radius 2 is 1.96 bits per heavy atom. The van der Waals surface area contributed by atoms with E-state index < -0.39 is 0 Å². The fourth-order valence-electron chi connectivity index (χ4n) is 3.55.